The molecule has 1 aromatic heterocycles. The van der Waals surface area contributed by atoms with Crippen molar-refractivity contribution in [1.29, 1.82) is 0 Å². The summed E-state index contributed by atoms with van der Waals surface area (Å²) in [6.45, 7) is 3.26. The maximum absolute atomic E-state index is 8.93. The molecule has 1 saturated carbocycles. The van der Waals surface area contributed by atoms with Crippen LogP contribution in [0.1, 0.15) is 24.8 Å². The van der Waals surface area contributed by atoms with Crippen LogP contribution in [-0.4, -0.2) is 23.2 Å². The van der Waals surface area contributed by atoms with E-state index in [0.717, 1.165) is 18.8 Å². The third-order valence-electron chi connectivity index (χ3n) is 3.16. The second-order valence-corrected chi connectivity index (χ2v) is 4.55. The number of anilines is 1. The molecule has 1 heterocycles. The Morgan fingerprint density at radius 2 is 2.27 bits per heavy atom. The number of aryl methyl sites for hydroxylation is 1. The van der Waals surface area contributed by atoms with Gasteiger partial charge in [-0.3, -0.25) is 0 Å². The zero-order valence-corrected chi connectivity index (χ0v) is 9.16. The summed E-state index contributed by atoms with van der Waals surface area (Å²) in [4.78, 5) is 4.30. The molecule has 0 atom stereocenters. The van der Waals surface area contributed by atoms with Gasteiger partial charge in [-0.15, -0.1) is 0 Å². The number of aliphatic hydroxyl groups excluding tert-OH is 1. The third kappa shape index (κ3) is 2.69. The van der Waals surface area contributed by atoms with Gasteiger partial charge in [-0.05, 0) is 43.2 Å². The van der Waals surface area contributed by atoms with Crippen LogP contribution in [0, 0.1) is 12.3 Å². The molecule has 0 spiro atoms. The molecule has 82 valence electrons. The average molecular weight is 206 g/mol. The summed E-state index contributed by atoms with van der Waals surface area (Å²) in [6, 6.07) is 4.06. The molecule has 3 nitrogen and oxygen atoms in total. The van der Waals surface area contributed by atoms with Crippen LogP contribution < -0.4 is 5.32 Å². The SMILES string of the molecule is Cc1ccc(NCC2(CCO)CC2)nc1. The lowest BCUT2D eigenvalue weighted by molar-refractivity contribution is 0.253. The molecule has 0 unspecified atom stereocenters. The van der Waals surface area contributed by atoms with Crippen molar-refractivity contribution in [2.45, 2.75) is 26.2 Å². The van der Waals surface area contributed by atoms with E-state index in [1.807, 2.05) is 19.2 Å². The molecule has 1 fully saturated rings. The van der Waals surface area contributed by atoms with Gasteiger partial charge >= 0.3 is 0 Å². The number of rotatable bonds is 5. The Labute approximate surface area is 90.5 Å². The Morgan fingerprint density at radius 3 is 2.80 bits per heavy atom. The van der Waals surface area contributed by atoms with Crippen molar-refractivity contribution in [3.63, 3.8) is 0 Å². The van der Waals surface area contributed by atoms with Crippen LogP contribution in [0.2, 0.25) is 0 Å². The van der Waals surface area contributed by atoms with Gasteiger partial charge in [0.05, 0.1) is 0 Å². The van der Waals surface area contributed by atoms with E-state index in [-0.39, 0.29) is 0 Å². The van der Waals surface area contributed by atoms with Gasteiger partial charge in [-0.25, -0.2) is 4.98 Å². The number of nitrogens with zero attached hydrogens (tertiary/aromatic N) is 1. The van der Waals surface area contributed by atoms with E-state index in [1.165, 1.54) is 18.4 Å². The molecule has 1 aliphatic rings. The molecule has 2 rings (SSSR count). The van der Waals surface area contributed by atoms with E-state index in [1.54, 1.807) is 0 Å². The van der Waals surface area contributed by atoms with Crippen LogP contribution in [0.3, 0.4) is 0 Å². The molecule has 0 aromatic carbocycles. The Morgan fingerprint density at radius 1 is 1.47 bits per heavy atom. The van der Waals surface area contributed by atoms with Crippen LogP contribution >= 0.6 is 0 Å². The lowest BCUT2D eigenvalue weighted by atomic mass is 10.0. The minimum absolute atomic E-state index is 0.295. The molecule has 0 radical (unpaired) electrons. The Bertz CT molecular complexity index is 317. The normalized spacial score (nSPS) is 17.5. The summed E-state index contributed by atoms with van der Waals surface area (Å²) in [5.41, 5.74) is 1.53. The van der Waals surface area contributed by atoms with E-state index in [2.05, 4.69) is 16.4 Å². The third-order valence-corrected chi connectivity index (χ3v) is 3.16. The van der Waals surface area contributed by atoms with Gasteiger partial charge in [0.2, 0.25) is 0 Å². The predicted molar refractivity (Wildman–Crippen MR) is 60.8 cm³/mol. The second-order valence-electron chi connectivity index (χ2n) is 4.55. The quantitative estimate of drug-likeness (QED) is 0.774. The van der Waals surface area contributed by atoms with E-state index >= 15 is 0 Å². The molecule has 1 aliphatic carbocycles. The van der Waals surface area contributed by atoms with Crippen molar-refractivity contribution >= 4 is 5.82 Å². The predicted octanol–water partition coefficient (Wildman–Crippen LogP) is 1.96. The summed E-state index contributed by atoms with van der Waals surface area (Å²) >= 11 is 0. The first-order valence-electron chi connectivity index (χ1n) is 5.52. The van der Waals surface area contributed by atoms with Gasteiger partial charge in [0, 0.05) is 19.3 Å². The van der Waals surface area contributed by atoms with Crippen LogP contribution in [0.25, 0.3) is 0 Å². The van der Waals surface area contributed by atoms with Gasteiger partial charge in [0.25, 0.3) is 0 Å². The highest BCUT2D eigenvalue weighted by Crippen LogP contribution is 2.48. The molecule has 15 heavy (non-hydrogen) atoms. The second kappa shape index (κ2) is 4.19. The standard InChI is InChI=1S/C12H18N2O/c1-10-2-3-11(13-8-10)14-9-12(4-5-12)6-7-15/h2-3,8,15H,4-7,9H2,1H3,(H,13,14). The zero-order chi connectivity index (χ0) is 10.7. The highest BCUT2D eigenvalue weighted by atomic mass is 16.3. The zero-order valence-electron chi connectivity index (χ0n) is 9.16. The number of hydrogen-bond donors (Lipinski definition) is 2. The number of hydrogen-bond acceptors (Lipinski definition) is 3. The summed E-state index contributed by atoms with van der Waals surface area (Å²) in [5, 5.41) is 12.3. The van der Waals surface area contributed by atoms with Crippen molar-refractivity contribution in [3.8, 4) is 0 Å². The number of aliphatic hydroxyl groups is 1. The first kappa shape index (κ1) is 10.4. The van der Waals surface area contributed by atoms with Crippen LogP contribution in [0.4, 0.5) is 5.82 Å². The highest BCUT2D eigenvalue weighted by molar-refractivity contribution is 5.35. The molecular weight excluding hydrogens is 188 g/mol. The Kier molecular flexibility index (Phi) is 2.91. The molecule has 2 N–H and O–H groups in total. The summed E-state index contributed by atoms with van der Waals surface area (Å²) in [5.74, 6) is 0.935. The fourth-order valence-electron chi connectivity index (χ4n) is 1.78. The topological polar surface area (TPSA) is 45.1 Å². The van der Waals surface area contributed by atoms with Gasteiger partial charge in [-0.2, -0.15) is 0 Å². The van der Waals surface area contributed by atoms with E-state index in [4.69, 9.17) is 5.11 Å². The maximum atomic E-state index is 8.93. The van der Waals surface area contributed by atoms with Crippen molar-refractivity contribution in [1.82, 2.24) is 4.98 Å². The van der Waals surface area contributed by atoms with Gasteiger partial charge < -0.3 is 10.4 Å². The fraction of sp³-hybridized carbons (Fsp3) is 0.583. The van der Waals surface area contributed by atoms with E-state index in [0.29, 0.717) is 12.0 Å². The van der Waals surface area contributed by atoms with Crippen LogP contribution in [-0.2, 0) is 0 Å². The van der Waals surface area contributed by atoms with Gasteiger partial charge in [-0.1, -0.05) is 6.07 Å². The van der Waals surface area contributed by atoms with Crippen molar-refractivity contribution in [2.75, 3.05) is 18.5 Å². The monoisotopic (exact) mass is 206 g/mol. The molecular formula is C12H18N2O. The van der Waals surface area contributed by atoms with Crippen molar-refractivity contribution in [2.24, 2.45) is 5.41 Å². The first-order valence-corrected chi connectivity index (χ1v) is 5.52. The largest absolute Gasteiger partial charge is 0.396 e. The molecule has 0 bridgehead atoms. The molecule has 0 saturated heterocycles. The molecule has 3 heteroatoms. The maximum Gasteiger partial charge on any atom is 0.125 e. The molecule has 0 amide bonds. The lowest BCUT2D eigenvalue weighted by Crippen LogP contribution is -2.17. The Hall–Kier alpha value is -1.09. The smallest absolute Gasteiger partial charge is 0.125 e. The average Bonchev–Trinajstić information content (AvgIpc) is 2.99. The number of aromatic nitrogens is 1. The number of pyridine rings is 1. The first-order chi connectivity index (χ1) is 7.24. The lowest BCUT2D eigenvalue weighted by Gasteiger charge is -2.14. The fourth-order valence-corrected chi connectivity index (χ4v) is 1.78. The van der Waals surface area contributed by atoms with Crippen molar-refractivity contribution in [3.05, 3.63) is 23.9 Å². The van der Waals surface area contributed by atoms with Gasteiger partial charge in [0.15, 0.2) is 0 Å². The summed E-state index contributed by atoms with van der Waals surface area (Å²) < 4.78 is 0. The highest BCUT2D eigenvalue weighted by Gasteiger charge is 2.41. The van der Waals surface area contributed by atoms with Gasteiger partial charge in [0.1, 0.15) is 5.82 Å². The number of nitrogens with one attached hydrogen (secondary N) is 1. The molecule has 1 aromatic rings. The summed E-state index contributed by atoms with van der Waals surface area (Å²) in [6.07, 6.45) is 5.23. The molecule has 0 aliphatic heterocycles. The minimum atomic E-state index is 0.295. The van der Waals surface area contributed by atoms with Crippen LogP contribution in [0.15, 0.2) is 18.3 Å². The van der Waals surface area contributed by atoms with E-state index in [9.17, 15) is 0 Å². The van der Waals surface area contributed by atoms with Crippen molar-refractivity contribution < 1.29 is 5.11 Å². The minimum Gasteiger partial charge on any atom is -0.396 e. The van der Waals surface area contributed by atoms with Crippen LogP contribution in [0.5, 0.6) is 0 Å². The summed E-state index contributed by atoms with van der Waals surface area (Å²) in [7, 11) is 0. The Balaban J connectivity index is 1.85. The van der Waals surface area contributed by atoms with E-state index < -0.39 is 0 Å².